The van der Waals surface area contributed by atoms with Crippen molar-refractivity contribution in [2.75, 3.05) is 32.8 Å². The summed E-state index contributed by atoms with van der Waals surface area (Å²) in [7, 11) is 4.63. The van der Waals surface area contributed by atoms with Crippen molar-refractivity contribution >= 4 is 23.4 Å². The van der Waals surface area contributed by atoms with Gasteiger partial charge in [-0.3, -0.25) is 4.79 Å². The Balaban J connectivity index is 1.52. The van der Waals surface area contributed by atoms with Gasteiger partial charge in [0, 0.05) is 17.8 Å². The van der Waals surface area contributed by atoms with Crippen LogP contribution >= 0.6 is 11.8 Å². The number of fused-ring (bicyclic) bond motifs is 1. The van der Waals surface area contributed by atoms with E-state index in [1.54, 1.807) is 33.5 Å². The van der Waals surface area contributed by atoms with Crippen molar-refractivity contribution in [3.63, 3.8) is 0 Å². The Hall–Kier alpha value is -3.20. The number of hydrogen-bond acceptors (Lipinski definition) is 8. The molecule has 0 fully saturated rings. The van der Waals surface area contributed by atoms with Crippen molar-refractivity contribution in [2.24, 2.45) is 0 Å². The Labute approximate surface area is 190 Å². The van der Waals surface area contributed by atoms with Crippen molar-refractivity contribution in [2.45, 2.75) is 30.2 Å². The molecule has 0 bridgehead atoms. The number of amides is 1. The highest BCUT2D eigenvalue weighted by molar-refractivity contribution is 8.00. The number of para-hydroxylation sites is 1. The van der Waals surface area contributed by atoms with Crippen molar-refractivity contribution in [3.8, 4) is 28.7 Å². The molecule has 9 heteroatoms. The van der Waals surface area contributed by atoms with Crippen LogP contribution in [0.2, 0.25) is 0 Å². The Morgan fingerprint density at radius 2 is 1.81 bits per heavy atom. The molecule has 3 aromatic rings. The Bertz CT molecular complexity index is 1090. The topological polar surface area (TPSA) is 86.9 Å². The van der Waals surface area contributed by atoms with E-state index in [1.165, 1.54) is 17.3 Å². The average molecular weight is 456 g/mol. The summed E-state index contributed by atoms with van der Waals surface area (Å²) in [6.07, 6.45) is 1.94. The molecule has 1 aromatic heterocycles. The molecule has 0 unspecified atom stereocenters. The largest absolute Gasteiger partial charge is 0.493 e. The fourth-order valence-corrected chi connectivity index (χ4v) is 4.51. The fourth-order valence-electron chi connectivity index (χ4n) is 3.76. The first kappa shape index (κ1) is 22.0. The van der Waals surface area contributed by atoms with Crippen LogP contribution in [-0.4, -0.2) is 49.2 Å². The number of carbonyl (C=O) groups is 1. The highest BCUT2D eigenvalue weighted by atomic mass is 32.2. The van der Waals surface area contributed by atoms with Crippen molar-refractivity contribution in [1.29, 1.82) is 0 Å². The normalized spacial score (nSPS) is 13.9. The van der Waals surface area contributed by atoms with Crippen LogP contribution in [0.1, 0.15) is 18.9 Å². The molecule has 2 heterocycles. The van der Waals surface area contributed by atoms with E-state index in [0.717, 1.165) is 18.5 Å². The Kier molecular flexibility index (Phi) is 6.55. The molecule has 8 nitrogen and oxygen atoms in total. The van der Waals surface area contributed by atoms with Gasteiger partial charge in [-0.05, 0) is 43.5 Å². The summed E-state index contributed by atoms with van der Waals surface area (Å²) in [5.74, 6) is 1.78. The minimum atomic E-state index is -0.380. The summed E-state index contributed by atoms with van der Waals surface area (Å²) >= 11 is 1.24. The second kappa shape index (κ2) is 9.52. The molecule has 2 aromatic carbocycles. The van der Waals surface area contributed by atoms with E-state index < -0.39 is 0 Å². The van der Waals surface area contributed by atoms with Gasteiger partial charge < -0.3 is 23.5 Å². The number of rotatable bonds is 7. The van der Waals surface area contributed by atoms with Crippen LogP contribution in [0.3, 0.4) is 0 Å². The number of ether oxygens (including phenoxy) is 3. The minimum Gasteiger partial charge on any atom is -0.493 e. The lowest BCUT2D eigenvalue weighted by Gasteiger charge is -2.31. The molecule has 0 saturated carbocycles. The molecule has 1 amide bonds. The lowest BCUT2D eigenvalue weighted by atomic mass is 10.0. The van der Waals surface area contributed by atoms with Gasteiger partial charge in [-0.25, -0.2) is 0 Å². The molecule has 0 aliphatic carbocycles. The van der Waals surface area contributed by atoms with Crippen LogP contribution in [0.25, 0.3) is 11.5 Å². The fraction of sp³-hybridized carbons (Fsp3) is 0.348. The highest BCUT2D eigenvalue weighted by Crippen LogP contribution is 2.41. The maximum absolute atomic E-state index is 13.1. The number of benzene rings is 2. The average Bonchev–Trinajstić information content (AvgIpc) is 3.30. The summed E-state index contributed by atoms with van der Waals surface area (Å²) in [6.45, 7) is 2.56. The first-order chi connectivity index (χ1) is 15.5. The van der Waals surface area contributed by atoms with Gasteiger partial charge in [0.15, 0.2) is 11.5 Å². The smallest absolute Gasteiger partial charge is 0.277 e. The van der Waals surface area contributed by atoms with Gasteiger partial charge in [-0.2, -0.15) is 0 Å². The number of anilines is 1. The van der Waals surface area contributed by atoms with E-state index in [4.69, 9.17) is 18.6 Å². The summed E-state index contributed by atoms with van der Waals surface area (Å²) in [5.41, 5.74) is 2.81. The van der Waals surface area contributed by atoms with Crippen LogP contribution in [0.5, 0.6) is 17.2 Å². The third-order valence-electron chi connectivity index (χ3n) is 5.32. The SMILES string of the molecule is COc1cc(-c2nnc(S[C@@H](C)C(=O)N3CCCc4ccccc43)o2)cc(OC)c1OC. The van der Waals surface area contributed by atoms with E-state index in [1.807, 2.05) is 30.0 Å². The van der Waals surface area contributed by atoms with Gasteiger partial charge in [0.2, 0.25) is 17.5 Å². The number of carbonyl (C=O) groups excluding carboxylic acids is 1. The molecule has 168 valence electrons. The molecule has 0 spiro atoms. The second-order valence-electron chi connectivity index (χ2n) is 7.27. The predicted molar refractivity (Wildman–Crippen MR) is 122 cm³/mol. The molecule has 0 saturated heterocycles. The number of thioether (sulfide) groups is 1. The zero-order chi connectivity index (χ0) is 22.7. The van der Waals surface area contributed by atoms with Gasteiger partial charge in [0.25, 0.3) is 5.22 Å². The molecule has 32 heavy (non-hydrogen) atoms. The summed E-state index contributed by atoms with van der Waals surface area (Å²) in [4.78, 5) is 15.0. The van der Waals surface area contributed by atoms with Gasteiger partial charge >= 0.3 is 0 Å². The van der Waals surface area contributed by atoms with Crippen molar-refractivity contribution in [1.82, 2.24) is 10.2 Å². The minimum absolute atomic E-state index is 0.0229. The number of hydrogen-bond donors (Lipinski definition) is 0. The number of nitrogens with zero attached hydrogens (tertiary/aromatic N) is 3. The van der Waals surface area contributed by atoms with E-state index in [-0.39, 0.29) is 11.2 Å². The predicted octanol–water partition coefficient (Wildman–Crippen LogP) is 4.22. The van der Waals surface area contributed by atoms with Gasteiger partial charge in [0.05, 0.1) is 26.6 Å². The molecular formula is C23H25N3O5S. The Morgan fingerprint density at radius 3 is 2.50 bits per heavy atom. The van der Waals surface area contributed by atoms with E-state index in [9.17, 15) is 4.79 Å². The zero-order valence-electron chi connectivity index (χ0n) is 18.5. The van der Waals surface area contributed by atoms with Gasteiger partial charge in [-0.15, -0.1) is 10.2 Å². The van der Waals surface area contributed by atoms with Crippen LogP contribution in [0.4, 0.5) is 5.69 Å². The van der Waals surface area contributed by atoms with Gasteiger partial charge in [-0.1, -0.05) is 30.0 Å². The van der Waals surface area contributed by atoms with E-state index >= 15 is 0 Å². The first-order valence-electron chi connectivity index (χ1n) is 10.3. The van der Waals surface area contributed by atoms with Crippen LogP contribution < -0.4 is 19.1 Å². The lowest BCUT2D eigenvalue weighted by molar-refractivity contribution is -0.117. The second-order valence-corrected chi connectivity index (χ2v) is 8.56. The lowest BCUT2D eigenvalue weighted by Crippen LogP contribution is -2.40. The molecule has 0 N–H and O–H groups in total. The maximum Gasteiger partial charge on any atom is 0.277 e. The highest BCUT2D eigenvalue weighted by Gasteiger charge is 2.28. The third-order valence-corrected chi connectivity index (χ3v) is 6.24. The summed E-state index contributed by atoms with van der Waals surface area (Å²) in [6, 6.07) is 11.5. The standard InChI is InChI=1S/C23H25N3O5S/c1-14(22(27)26-11-7-9-15-8-5-6-10-17(15)26)32-23-25-24-21(31-23)16-12-18(28-2)20(30-4)19(13-16)29-3/h5-6,8,10,12-14H,7,9,11H2,1-4H3/t14-/m0/s1. The number of aromatic nitrogens is 2. The molecule has 1 atom stereocenters. The molecule has 4 rings (SSSR count). The van der Waals surface area contributed by atoms with E-state index in [2.05, 4.69) is 16.3 Å². The van der Waals surface area contributed by atoms with Crippen molar-refractivity contribution in [3.05, 3.63) is 42.0 Å². The van der Waals surface area contributed by atoms with Crippen LogP contribution in [0, 0.1) is 0 Å². The van der Waals surface area contributed by atoms with E-state index in [0.29, 0.717) is 40.5 Å². The Morgan fingerprint density at radius 1 is 1.09 bits per heavy atom. The van der Waals surface area contributed by atoms with Crippen LogP contribution in [0.15, 0.2) is 46.0 Å². The molecule has 1 aliphatic rings. The first-order valence-corrected chi connectivity index (χ1v) is 11.1. The maximum atomic E-state index is 13.1. The quantitative estimate of drug-likeness (QED) is 0.490. The third kappa shape index (κ3) is 4.25. The molecule has 0 radical (unpaired) electrons. The number of methoxy groups -OCH3 is 3. The number of aryl methyl sites for hydroxylation is 1. The van der Waals surface area contributed by atoms with Crippen LogP contribution in [-0.2, 0) is 11.2 Å². The zero-order valence-corrected chi connectivity index (χ0v) is 19.3. The van der Waals surface area contributed by atoms with Gasteiger partial charge in [0.1, 0.15) is 0 Å². The summed E-state index contributed by atoms with van der Waals surface area (Å²) < 4.78 is 22.0. The molecular weight excluding hydrogens is 430 g/mol. The summed E-state index contributed by atoms with van der Waals surface area (Å²) in [5, 5.41) is 8.20. The monoisotopic (exact) mass is 455 g/mol. The molecule has 1 aliphatic heterocycles. The van der Waals surface area contributed by atoms with Crippen molar-refractivity contribution < 1.29 is 23.4 Å².